The maximum absolute atomic E-state index is 11.7. The van der Waals surface area contributed by atoms with E-state index in [-0.39, 0.29) is 18.8 Å². The predicted molar refractivity (Wildman–Crippen MR) is 59.1 cm³/mol. The Morgan fingerprint density at radius 1 is 1.76 bits per heavy atom. The van der Waals surface area contributed by atoms with Crippen molar-refractivity contribution in [1.82, 2.24) is 9.55 Å². The number of rotatable bonds is 2. The number of ether oxygens (including phenoxy) is 1. The van der Waals surface area contributed by atoms with E-state index in [0.29, 0.717) is 0 Å². The third kappa shape index (κ3) is 2.04. The lowest BCUT2D eigenvalue weighted by Crippen LogP contribution is -2.40. The molecule has 7 heteroatoms. The molecule has 0 radical (unpaired) electrons. The molecule has 94 valence electrons. The van der Waals surface area contributed by atoms with Gasteiger partial charge in [-0.25, -0.2) is 4.79 Å². The zero-order valence-electron chi connectivity index (χ0n) is 9.41. The van der Waals surface area contributed by atoms with Crippen molar-refractivity contribution in [1.29, 1.82) is 0 Å². The first-order valence-corrected chi connectivity index (χ1v) is 5.29. The molecular formula is C10H15N3O4. The fraction of sp³-hybridized carbons (Fsp3) is 0.600. The maximum Gasteiger partial charge on any atom is 0.351 e. The molecular weight excluding hydrogens is 226 g/mol. The minimum absolute atomic E-state index is 0.132. The molecule has 0 spiro atoms. The summed E-state index contributed by atoms with van der Waals surface area (Å²) >= 11 is 0. The molecule has 2 rings (SSSR count). The van der Waals surface area contributed by atoms with Crippen molar-refractivity contribution in [3.63, 3.8) is 0 Å². The summed E-state index contributed by atoms with van der Waals surface area (Å²) in [6.45, 7) is 1.36. The van der Waals surface area contributed by atoms with E-state index < -0.39 is 23.6 Å². The summed E-state index contributed by atoms with van der Waals surface area (Å²) in [5.41, 5.74) is 3.84. The van der Waals surface area contributed by atoms with E-state index >= 15 is 0 Å². The highest BCUT2D eigenvalue weighted by Gasteiger charge is 2.44. The summed E-state index contributed by atoms with van der Waals surface area (Å²) in [6, 6.07) is 1.48. The monoisotopic (exact) mass is 241 g/mol. The smallest absolute Gasteiger partial charge is 0.351 e. The number of anilines is 1. The van der Waals surface area contributed by atoms with Gasteiger partial charge in [0.2, 0.25) is 0 Å². The highest BCUT2D eigenvalue weighted by atomic mass is 16.6. The lowest BCUT2D eigenvalue weighted by Gasteiger charge is -2.26. The molecule has 1 saturated heterocycles. The fourth-order valence-corrected chi connectivity index (χ4v) is 2.06. The molecule has 0 aromatic carbocycles. The van der Waals surface area contributed by atoms with E-state index in [1.165, 1.54) is 16.8 Å². The lowest BCUT2D eigenvalue weighted by atomic mass is 10.1. The summed E-state index contributed by atoms with van der Waals surface area (Å²) in [5, 5.41) is 18.7. The van der Waals surface area contributed by atoms with Crippen LogP contribution in [0, 0.1) is 0 Å². The second-order valence-electron chi connectivity index (χ2n) is 4.29. The Bertz CT molecular complexity index is 475. The predicted octanol–water partition coefficient (Wildman–Crippen LogP) is -1.36. The molecule has 0 bridgehead atoms. The van der Waals surface area contributed by atoms with Crippen molar-refractivity contribution in [2.45, 2.75) is 31.3 Å². The van der Waals surface area contributed by atoms with Crippen LogP contribution in [0.1, 0.15) is 13.3 Å². The molecule has 4 N–H and O–H groups in total. The van der Waals surface area contributed by atoms with Gasteiger partial charge in [-0.15, -0.1) is 0 Å². The first kappa shape index (κ1) is 12.0. The number of nitrogen functional groups attached to an aromatic ring is 1. The Kier molecular flexibility index (Phi) is 2.90. The van der Waals surface area contributed by atoms with Crippen molar-refractivity contribution in [3.05, 3.63) is 22.7 Å². The number of hydrogen-bond donors (Lipinski definition) is 3. The summed E-state index contributed by atoms with van der Waals surface area (Å²) in [6.07, 6.45) is 0.180. The van der Waals surface area contributed by atoms with Crippen LogP contribution >= 0.6 is 0 Å². The van der Waals surface area contributed by atoms with E-state index in [1.54, 1.807) is 6.92 Å². The zero-order valence-corrected chi connectivity index (χ0v) is 9.41. The Hall–Kier alpha value is -1.44. The number of aliphatic hydroxyl groups is 2. The van der Waals surface area contributed by atoms with E-state index in [4.69, 9.17) is 15.6 Å². The molecule has 0 unspecified atom stereocenters. The molecule has 1 fully saturated rings. The molecule has 2 heterocycles. The van der Waals surface area contributed by atoms with Crippen molar-refractivity contribution in [2.24, 2.45) is 0 Å². The summed E-state index contributed by atoms with van der Waals surface area (Å²) in [5.74, 6) is 0.132. The third-order valence-electron chi connectivity index (χ3n) is 2.94. The van der Waals surface area contributed by atoms with E-state index in [0.717, 1.165) is 0 Å². The number of hydrogen-bond acceptors (Lipinski definition) is 6. The molecule has 1 aromatic heterocycles. The second kappa shape index (κ2) is 4.10. The second-order valence-corrected chi connectivity index (χ2v) is 4.29. The first-order chi connectivity index (χ1) is 7.96. The van der Waals surface area contributed by atoms with Crippen molar-refractivity contribution < 1.29 is 14.9 Å². The van der Waals surface area contributed by atoms with Gasteiger partial charge >= 0.3 is 5.69 Å². The van der Waals surface area contributed by atoms with Crippen LogP contribution in [0.4, 0.5) is 5.82 Å². The van der Waals surface area contributed by atoms with Crippen LogP contribution in [-0.4, -0.2) is 38.6 Å². The van der Waals surface area contributed by atoms with Crippen molar-refractivity contribution >= 4 is 5.82 Å². The average molecular weight is 241 g/mol. The highest BCUT2D eigenvalue weighted by Crippen LogP contribution is 2.33. The first-order valence-electron chi connectivity index (χ1n) is 5.29. The normalized spacial score (nSPS) is 32.9. The van der Waals surface area contributed by atoms with Crippen LogP contribution in [0.15, 0.2) is 17.1 Å². The van der Waals surface area contributed by atoms with E-state index in [9.17, 15) is 9.90 Å². The minimum Gasteiger partial charge on any atom is -0.394 e. The zero-order chi connectivity index (χ0) is 12.6. The Balaban J connectivity index is 2.37. The molecule has 0 amide bonds. The number of nitrogens with two attached hydrogens (primary N) is 1. The molecule has 0 aliphatic carbocycles. The Morgan fingerprint density at radius 3 is 3.00 bits per heavy atom. The highest BCUT2D eigenvalue weighted by molar-refractivity contribution is 5.23. The van der Waals surface area contributed by atoms with Gasteiger partial charge in [-0.1, -0.05) is 0 Å². The molecule has 17 heavy (non-hydrogen) atoms. The molecule has 3 atom stereocenters. The Labute approximate surface area is 97.5 Å². The van der Waals surface area contributed by atoms with Gasteiger partial charge in [0.25, 0.3) is 0 Å². The van der Waals surface area contributed by atoms with Crippen LogP contribution in [0.5, 0.6) is 0 Å². The van der Waals surface area contributed by atoms with E-state index in [2.05, 4.69) is 4.98 Å². The van der Waals surface area contributed by atoms with Gasteiger partial charge in [0.05, 0.1) is 12.7 Å². The van der Waals surface area contributed by atoms with Gasteiger partial charge < -0.3 is 20.7 Å². The summed E-state index contributed by atoms with van der Waals surface area (Å²) in [7, 11) is 0. The topological polar surface area (TPSA) is 111 Å². The Morgan fingerprint density at radius 2 is 2.47 bits per heavy atom. The molecule has 1 aromatic rings. The van der Waals surface area contributed by atoms with Crippen LogP contribution in [0.2, 0.25) is 0 Å². The molecule has 0 saturated carbocycles. The van der Waals surface area contributed by atoms with Gasteiger partial charge in [0.1, 0.15) is 17.6 Å². The van der Waals surface area contributed by atoms with Crippen LogP contribution in [0.3, 0.4) is 0 Å². The van der Waals surface area contributed by atoms with Gasteiger partial charge in [0.15, 0.2) is 0 Å². The quantitative estimate of drug-likeness (QED) is 0.590. The summed E-state index contributed by atoms with van der Waals surface area (Å²) < 4.78 is 6.77. The maximum atomic E-state index is 11.7. The van der Waals surface area contributed by atoms with Gasteiger partial charge in [-0.3, -0.25) is 4.57 Å². The fourth-order valence-electron chi connectivity index (χ4n) is 2.06. The number of aliphatic hydroxyl groups excluding tert-OH is 2. The molecule has 7 nitrogen and oxygen atoms in total. The number of nitrogens with zero attached hydrogens (tertiary/aromatic N) is 2. The average Bonchev–Trinajstić information content (AvgIpc) is 2.54. The van der Waals surface area contributed by atoms with Gasteiger partial charge in [-0.2, -0.15) is 4.98 Å². The molecule has 1 aliphatic heterocycles. The lowest BCUT2D eigenvalue weighted by molar-refractivity contribution is -0.107. The van der Waals surface area contributed by atoms with E-state index in [1.807, 2.05) is 0 Å². The van der Waals surface area contributed by atoms with Crippen LogP contribution < -0.4 is 11.4 Å². The standard InChI is InChI=1S/C10H15N3O4/c1-10(4-6(15)7(5-14)17-10)13-3-2-8(11)12-9(13)16/h2-3,6-7,14-15H,4-5H2,1H3,(H2,11,12,16)/t6-,7+,10+/m0/s1. The minimum atomic E-state index is -1.01. The van der Waals surface area contributed by atoms with Crippen LogP contribution in [0.25, 0.3) is 0 Å². The third-order valence-corrected chi connectivity index (χ3v) is 2.94. The number of aromatic nitrogens is 2. The largest absolute Gasteiger partial charge is 0.394 e. The van der Waals surface area contributed by atoms with Crippen LogP contribution in [-0.2, 0) is 10.5 Å². The van der Waals surface area contributed by atoms with Gasteiger partial charge in [0, 0.05) is 12.6 Å². The van der Waals surface area contributed by atoms with Crippen molar-refractivity contribution in [3.8, 4) is 0 Å². The summed E-state index contributed by atoms with van der Waals surface area (Å²) in [4.78, 5) is 15.3. The SMILES string of the molecule is C[C@]1(n2ccc(N)nc2=O)C[C@H](O)[C@@H](CO)O1. The van der Waals surface area contributed by atoms with Crippen molar-refractivity contribution in [2.75, 3.05) is 12.3 Å². The molecule has 1 aliphatic rings. The van der Waals surface area contributed by atoms with Gasteiger partial charge in [-0.05, 0) is 13.0 Å².